The second-order valence-corrected chi connectivity index (χ2v) is 4.89. The van der Waals surface area contributed by atoms with Crippen LogP contribution in [0.5, 0.6) is 0 Å². The van der Waals surface area contributed by atoms with Gasteiger partial charge in [-0.3, -0.25) is 9.78 Å². The zero-order valence-corrected chi connectivity index (χ0v) is 11.7. The molecule has 0 bridgehead atoms. The van der Waals surface area contributed by atoms with Gasteiger partial charge in [0.2, 0.25) is 5.91 Å². The highest BCUT2D eigenvalue weighted by Gasteiger charge is 2.11. The summed E-state index contributed by atoms with van der Waals surface area (Å²) in [5.41, 5.74) is 3.28. The molecule has 0 aliphatic rings. The van der Waals surface area contributed by atoms with E-state index in [0.29, 0.717) is 17.8 Å². The molecule has 2 aromatic heterocycles. The van der Waals surface area contributed by atoms with Crippen LogP contribution in [0.2, 0.25) is 0 Å². The van der Waals surface area contributed by atoms with Crippen LogP contribution < -0.4 is 5.32 Å². The fourth-order valence-electron chi connectivity index (χ4n) is 2.08. The maximum atomic E-state index is 12.0. The standard InChI is InChI=1S/C16H15N3O2/c1-11-6-7-12(9-17-11)10-18-16(20)8-14-13-4-2-3-5-15(13)21-19-14/h2-7,9H,8,10H2,1H3,(H,18,20). The average Bonchev–Trinajstić information content (AvgIpc) is 2.90. The molecule has 0 saturated heterocycles. The zero-order chi connectivity index (χ0) is 14.7. The summed E-state index contributed by atoms with van der Waals surface area (Å²) in [6.45, 7) is 2.39. The van der Waals surface area contributed by atoms with E-state index < -0.39 is 0 Å². The molecule has 106 valence electrons. The largest absolute Gasteiger partial charge is 0.356 e. The quantitative estimate of drug-likeness (QED) is 0.797. The first-order valence-electron chi connectivity index (χ1n) is 6.74. The lowest BCUT2D eigenvalue weighted by molar-refractivity contribution is -0.120. The molecule has 0 aliphatic carbocycles. The van der Waals surface area contributed by atoms with Crippen LogP contribution in [0, 0.1) is 6.92 Å². The second-order valence-electron chi connectivity index (χ2n) is 4.89. The number of hydrogen-bond donors (Lipinski definition) is 1. The lowest BCUT2D eigenvalue weighted by atomic mass is 10.1. The number of benzene rings is 1. The topological polar surface area (TPSA) is 68.0 Å². The number of para-hydroxylation sites is 1. The first-order valence-corrected chi connectivity index (χ1v) is 6.74. The van der Waals surface area contributed by atoms with E-state index in [4.69, 9.17) is 4.52 Å². The van der Waals surface area contributed by atoms with Crippen molar-refractivity contribution < 1.29 is 9.32 Å². The van der Waals surface area contributed by atoms with E-state index in [-0.39, 0.29) is 12.3 Å². The molecule has 0 saturated carbocycles. The Kier molecular flexibility index (Phi) is 3.64. The molecule has 0 spiro atoms. The van der Waals surface area contributed by atoms with Crippen molar-refractivity contribution in [3.63, 3.8) is 0 Å². The Balaban J connectivity index is 1.62. The first-order chi connectivity index (χ1) is 10.2. The van der Waals surface area contributed by atoms with E-state index in [1.54, 1.807) is 6.20 Å². The Labute approximate surface area is 122 Å². The Morgan fingerprint density at radius 2 is 2.10 bits per heavy atom. The molecule has 1 amide bonds. The number of carbonyl (C=O) groups is 1. The molecule has 0 atom stereocenters. The predicted molar refractivity (Wildman–Crippen MR) is 78.5 cm³/mol. The fourth-order valence-corrected chi connectivity index (χ4v) is 2.08. The Morgan fingerprint density at radius 1 is 1.24 bits per heavy atom. The molecule has 0 aliphatic heterocycles. The maximum Gasteiger partial charge on any atom is 0.226 e. The van der Waals surface area contributed by atoms with Crippen molar-refractivity contribution in [1.82, 2.24) is 15.5 Å². The van der Waals surface area contributed by atoms with Crippen LogP contribution >= 0.6 is 0 Å². The van der Waals surface area contributed by atoms with Gasteiger partial charge >= 0.3 is 0 Å². The molecular formula is C16H15N3O2. The molecule has 1 aromatic carbocycles. The number of nitrogens with one attached hydrogen (secondary N) is 1. The third-order valence-corrected chi connectivity index (χ3v) is 3.24. The van der Waals surface area contributed by atoms with Crippen LogP contribution in [0.25, 0.3) is 11.0 Å². The van der Waals surface area contributed by atoms with Gasteiger partial charge in [-0.05, 0) is 30.7 Å². The van der Waals surface area contributed by atoms with Crippen molar-refractivity contribution in [2.45, 2.75) is 19.9 Å². The predicted octanol–water partition coefficient (Wildman–Crippen LogP) is 2.39. The van der Waals surface area contributed by atoms with Gasteiger partial charge in [-0.25, -0.2) is 0 Å². The average molecular weight is 281 g/mol. The minimum atomic E-state index is -0.0883. The van der Waals surface area contributed by atoms with Crippen LogP contribution in [0.4, 0.5) is 0 Å². The van der Waals surface area contributed by atoms with Crippen molar-refractivity contribution in [1.29, 1.82) is 0 Å². The van der Waals surface area contributed by atoms with Crippen LogP contribution in [-0.2, 0) is 17.8 Å². The number of pyridine rings is 1. The lowest BCUT2D eigenvalue weighted by Crippen LogP contribution is -2.24. The lowest BCUT2D eigenvalue weighted by Gasteiger charge is -2.04. The van der Waals surface area contributed by atoms with Crippen LogP contribution in [0.3, 0.4) is 0 Å². The number of aryl methyl sites for hydroxylation is 1. The number of rotatable bonds is 4. The minimum absolute atomic E-state index is 0.0883. The Morgan fingerprint density at radius 3 is 2.90 bits per heavy atom. The number of aromatic nitrogens is 2. The van der Waals surface area contributed by atoms with E-state index in [9.17, 15) is 4.79 Å². The van der Waals surface area contributed by atoms with Gasteiger partial charge < -0.3 is 9.84 Å². The van der Waals surface area contributed by atoms with Gasteiger partial charge in [-0.1, -0.05) is 23.4 Å². The summed E-state index contributed by atoms with van der Waals surface area (Å²) in [4.78, 5) is 16.2. The second kappa shape index (κ2) is 5.75. The summed E-state index contributed by atoms with van der Waals surface area (Å²) in [5.74, 6) is -0.0883. The van der Waals surface area contributed by atoms with Crippen molar-refractivity contribution in [3.05, 3.63) is 59.5 Å². The fraction of sp³-hybridized carbons (Fsp3) is 0.188. The maximum absolute atomic E-state index is 12.0. The van der Waals surface area contributed by atoms with Gasteiger partial charge in [-0.15, -0.1) is 0 Å². The van der Waals surface area contributed by atoms with E-state index in [0.717, 1.165) is 16.6 Å². The Hall–Kier alpha value is -2.69. The summed E-state index contributed by atoms with van der Waals surface area (Å²) in [6.07, 6.45) is 1.97. The smallest absolute Gasteiger partial charge is 0.226 e. The summed E-state index contributed by atoms with van der Waals surface area (Å²) < 4.78 is 5.19. The van der Waals surface area contributed by atoms with Crippen molar-refractivity contribution in [2.75, 3.05) is 0 Å². The van der Waals surface area contributed by atoms with Crippen LogP contribution in [-0.4, -0.2) is 16.0 Å². The van der Waals surface area contributed by atoms with Crippen LogP contribution in [0.15, 0.2) is 47.1 Å². The van der Waals surface area contributed by atoms with Gasteiger partial charge in [0.25, 0.3) is 0 Å². The molecule has 5 nitrogen and oxygen atoms in total. The first kappa shape index (κ1) is 13.3. The van der Waals surface area contributed by atoms with E-state index in [1.165, 1.54) is 0 Å². The minimum Gasteiger partial charge on any atom is -0.356 e. The highest BCUT2D eigenvalue weighted by atomic mass is 16.5. The molecule has 21 heavy (non-hydrogen) atoms. The number of fused-ring (bicyclic) bond motifs is 1. The summed E-state index contributed by atoms with van der Waals surface area (Å²) >= 11 is 0. The van der Waals surface area contributed by atoms with Crippen molar-refractivity contribution in [3.8, 4) is 0 Å². The summed E-state index contributed by atoms with van der Waals surface area (Å²) in [6, 6.07) is 11.4. The molecule has 2 heterocycles. The van der Waals surface area contributed by atoms with Crippen molar-refractivity contribution >= 4 is 16.9 Å². The third kappa shape index (κ3) is 3.08. The zero-order valence-electron chi connectivity index (χ0n) is 11.7. The van der Waals surface area contributed by atoms with E-state index in [1.807, 2.05) is 43.3 Å². The van der Waals surface area contributed by atoms with Gasteiger partial charge in [0.1, 0.15) is 5.69 Å². The van der Waals surface area contributed by atoms with Gasteiger partial charge in [0.15, 0.2) is 5.58 Å². The number of hydrogen-bond acceptors (Lipinski definition) is 4. The van der Waals surface area contributed by atoms with E-state index >= 15 is 0 Å². The number of amides is 1. The summed E-state index contributed by atoms with van der Waals surface area (Å²) in [5, 5.41) is 7.69. The molecule has 5 heteroatoms. The highest BCUT2D eigenvalue weighted by molar-refractivity contribution is 5.86. The van der Waals surface area contributed by atoms with Gasteiger partial charge in [0.05, 0.1) is 6.42 Å². The van der Waals surface area contributed by atoms with E-state index in [2.05, 4.69) is 15.5 Å². The van der Waals surface area contributed by atoms with Gasteiger partial charge in [-0.2, -0.15) is 0 Å². The third-order valence-electron chi connectivity index (χ3n) is 3.24. The molecule has 3 aromatic rings. The molecular weight excluding hydrogens is 266 g/mol. The molecule has 3 rings (SSSR count). The molecule has 0 fully saturated rings. The SMILES string of the molecule is Cc1ccc(CNC(=O)Cc2noc3ccccc23)cn1. The normalized spacial score (nSPS) is 10.7. The number of nitrogens with zero attached hydrogens (tertiary/aromatic N) is 2. The monoisotopic (exact) mass is 281 g/mol. The van der Waals surface area contributed by atoms with Crippen molar-refractivity contribution in [2.24, 2.45) is 0 Å². The highest BCUT2D eigenvalue weighted by Crippen LogP contribution is 2.17. The molecule has 0 unspecified atom stereocenters. The molecule has 1 N–H and O–H groups in total. The Bertz CT molecular complexity index is 763. The summed E-state index contributed by atoms with van der Waals surface area (Å²) in [7, 11) is 0. The van der Waals surface area contributed by atoms with Gasteiger partial charge in [0, 0.05) is 23.8 Å². The molecule has 0 radical (unpaired) electrons. The van der Waals surface area contributed by atoms with Crippen LogP contribution in [0.1, 0.15) is 17.0 Å². The number of carbonyl (C=O) groups excluding carboxylic acids is 1.